The molecule has 1 amide bonds. The number of ether oxygens (including phenoxy) is 1. The number of hydrogen-bond donors (Lipinski definition) is 1. The van der Waals surface area contributed by atoms with Gasteiger partial charge in [0.2, 0.25) is 0 Å². The van der Waals surface area contributed by atoms with Crippen LogP contribution in [0.4, 0.5) is 10.1 Å². The lowest BCUT2D eigenvalue weighted by Gasteiger charge is -2.08. The number of nitrogens with zero attached hydrogens (tertiary/aromatic N) is 1. The number of amides is 1. The molecule has 0 atom stereocenters. The first kappa shape index (κ1) is 17.6. The Kier molecular flexibility index (Phi) is 5.66. The van der Waals surface area contributed by atoms with Crippen molar-refractivity contribution in [2.24, 2.45) is 0 Å². The van der Waals surface area contributed by atoms with E-state index in [-0.39, 0.29) is 11.1 Å². The van der Waals surface area contributed by atoms with Crippen LogP contribution in [0.2, 0.25) is 0 Å². The van der Waals surface area contributed by atoms with E-state index in [1.807, 2.05) is 6.92 Å². The number of benzene rings is 2. The normalized spacial score (nSPS) is 9.92. The highest BCUT2D eigenvalue weighted by molar-refractivity contribution is 9.10. The van der Waals surface area contributed by atoms with Gasteiger partial charge in [0.1, 0.15) is 5.82 Å². The molecule has 24 heavy (non-hydrogen) atoms. The number of esters is 1. The fraction of sp³-hybridized carbons (Fsp3) is 0.118. The van der Waals surface area contributed by atoms with Crippen molar-refractivity contribution in [3.05, 3.63) is 63.4 Å². The molecular weight excluding hydrogens is 379 g/mol. The van der Waals surface area contributed by atoms with Gasteiger partial charge in [0.05, 0.1) is 17.2 Å². The number of halogens is 2. The van der Waals surface area contributed by atoms with Crippen LogP contribution in [0.3, 0.4) is 0 Å². The maximum Gasteiger partial charge on any atom is 0.341 e. The standard InChI is InChI=1S/C17H12BrFN2O3/c1-10-6-12(3-5-14(10)18)21-16(22)9-24-17(23)13-4-2-11(8-20)7-15(13)19/h2-7H,9H2,1H3,(H,21,22). The van der Waals surface area contributed by atoms with E-state index >= 15 is 0 Å². The van der Waals surface area contributed by atoms with Gasteiger partial charge in [-0.05, 0) is 48.9 Å². The molecule has 0 saturated heterocycles. The third kappa shape index (κ3) is 4.40. The summed E-state index contributed by atoms with van der Waals surface area (Å²) in [6, 6.07) is 10.4. The summed E-state index contributed by atoms with van der Waals surface area (Å²) >= 11 is 3.35. The maximum atomic E-state index is 13.7. The average molecular weight is 391 g/mol. The second kappa shape index (κ2) is 7.70. The van der Waals surface area contributed by atoms with Crippen LogP contribution in [0.25, 0.3) is 0 Å². The van der Waals surface area contributed by atoms with Crippen molar-refractivity contribution in [3.63, 3.8) is 0 Å². The lowest BCUT2D eigenvalue weighted by Crippen LogP contribution is -2.21. The highest BCUT2D eigenvalue weighted by Crippen LogP contribution is 2.20. The van der Waals surface area contributed by atoms with Crippen LogP contribution in [0.15, 0.2) is 40.9 Å². The minimum Gasteiger partial charge on any atom is -0.452 e. The van der Waals surface area contributed by atoms with Gasteiger partial charge in [0.15, 0.2) is 6.61 Å². The summed E-state index contributed by atoms with van der Waals surface area (Å²) in [5, 5.41) is 11.2. The van der Waals surface area contributed by atoms with Gasteiger partial charge in [0.25, 0.3) is 5.91 Å². The molecule has 122 valence electrons. The van der Waals surface area contributed by atoms with Crippen LogP contribution in [0, 0.1) is 24.1 Å². The zero-order valence-corrected chi connectivity index (χ0v) is 14.2. The summed E-state index contributed by atoms with van der Waals surface area (Å²) in [6.45, 7) is 1.32. The van der Waals surface area contributed by atoms with Crippen molar-refractivity contribution in [1.82, 2.24) is 0 Å². The lowest BCUT2D eigenvalue weighted by atomic mass is 10.1. The topological polar surface area (TPSA) is 79.2 Å². The van der Waals surface area contributed by atoms with Crippen LogP contribution in [0.5, 0.6) is 0 Å². The molecule has 0 aliphatic heterocycles. The quantitative estimate of drug-likeness (QED) is 0.809. The lowest BCUT2D eigenvalue weighted by molar-refractivity contribution is -0.119. The smallest absolute Gasteiger partial charge is 0.341 e. The van der Waals surface area contributed by atoms with Crippen LogP contribution >= 0.6 is 15.9 Å². The van der Waals surface area contributed by atoms with Gasteiger partial charge in [-0.1, -0.05) is 15.9 Å². The van der Waals surface area contributed by atoms with Crippen LogP contribution in [-0.2, 0) is 9.53 Å². The molecule has 0 heterocycles. The number of aryl methyl sites for hydroxylation is 1. The molecule has 0 radical (unpaired) electrons. The number of nitrogens with one attached hydrogen (secondary N) is 1. The minimum atomic E-state index is -0.973. The van der Waals surface area contributed by atoms with Gasteiger partial charge in [0, 0.05) is 10.2 Å². The fourth-order valence-corrected chi connectivity index (χ4v) is 2.13. The zero-order valence-electron chi connectivity index (χ0n) is 12.6. The molecule has 0 spiro atoms. The van der Waals surface area contributed by atoms with Gasteiger partial charge >= 0.3 is 5.97 Å². The molecule has 2 aromatic carbocycles. The zero-order chi connectivity index (χ0) is 17.7. The number of nitriles is 1. The predicted molar refractivity (Wildman–Crippen MR) is 88.9 cm³/mol. The van der Waals surface area contributed by atoms with Crippen LogP contribution in [-0.4, -0.2) is 18.5 Å². The number of anilines is 1. The van der Waals surface area contributed by atoms with Crippen molar-refractivity contribution < 1.29 is 18.7 Å². The van der Waals surface area contributed by atoms with E-state index in [0.717, 1.165) is 22.2 Å². The SMILES string of the molecule is Cc1cc(NC(=O)COC(=O)c2ccc(C#N)cc2F)ccc1Br. The Morgan fingerprint density at radius 2 is 2.04 bits per heavy atom. The molecule has 0 saturated carbocycles. The molecule has 0 aromatic heterocycles. The first-order valence-corrected chi connectivity index (χ1v) is 7.63. The number of carbonyl (C=O) groups is 2. The van der Waals surface area contributed by atoms with Gasteiger partial charge in [-0.25, -0.2) is 9.18 Å². The van der Waals surface area contributed by atoms with E-state index in [0.29, 0.717) is 5.69 Å². The number of hydrogen-bond acceptors (Lipinski definition) is 4. The van der Waals surface area contributed by atoms with Gasteiger partial charge in [-0.15, -0.1) is 0 Å². The molecule has 0 fully saturated rings. The highest BCUT2D eigenvalue weighted by Gasteiger charge is 2.15. The Bertz CT molecular complexity index is 846. The summed E-state index contributed by atoms with van der Waals surface area (Å²) in [6.07, 6.45) is 0. The molecule has 0 aliphatic carbocycles. The molecule has 0 aliphatic rings. The first-order chi connectivity index (χ1) is 11.4. The fourth-order valence-electron chi connectivity index (χ4n) is 1.88. The minimum absolute atomic E-state index is 0.0902. The molecule has 2 rings (SSSR count). The van der Waals surface area contributed by atoms with E-state index in [2.05, 4.69) is 21.2 Å². The van der Waals surface area contributed by atoms with Crippen molar-refractivity contribution in [2.75, 3.05) is 11.9 Å². The summed E-state index contributed by atoms with van der Waals surface area (Å²) in [5.41, 5.74) is 1.25. The number of rotatable bonds is 4. The Balaban J connectivity index is 1.95. The summed E-state index contributed by atoms with van der Waals surface area (Å²) in [4.78, 5) is 23.6. The van der Waals surface area contributed by atoms with Crippen LogP contribution < -0.4 is 5.32 Å². The molecular formula is C17H12BrFN2O3. The monoisotopic (exact) mass is 390 g/mol. The molecule has 0 bridgehead atoms. The van der Waals surface area contributed by atoms with Crippen molar-refractivity contribution in [2.45, 2.75) is 6.92 Å². The van der Waals surface area contributed by atoms with Gasteiger partial charge in [-0.2, -0.15) is 5.26 Å². The Labute approximate surface area is 146 Å². The second-order valence-corrected chi connectivity index (χ2v) is 5.75. The Hall–Kier alpha value is -2.72. The Morgan fingerprint density at radius 1 is 1.29 bits per heavy atom. The van der Waals surface area contributed by atoms with E-state index in [1.165, 1.54) is 6.07 Å². The molecule has 0 unspecified atom stereocenters. The van der Waals surface area contributed by atoms with Crippen LogP contribution in [0.1, 0.15) is 21.5 Å². The second-order valence-electron chi connectivity index (χ2n) is 4.89. The van der Waals surface area contributed by atoms with E-state index in [1.54, 1.807) is 24.3 Å². The maximum absolute atomic E-state index is 13.7. The third-order valence-corrected chi connectivity index (χ3v) is 3.98. The summed E-state index contributed by atoms with van der Waals surface area (Å²) in [7, 11) is 0. The van der Waals surface area contributed by atoms with Gasteiger partial charge in [-0.3, -0.25) is 4.79 Å². The average Bonchev–Trinajstić information content (AvgIpc) is 2.56. The van der Waals surface area contributed by atoms with E-state index in [4.69, 9.17) is 10.00 Å². The van der Waals surface area contributed by atoms with E-state index in [9.17, 15) is 14.0 Å². The Morgan fingerprint density at radius 3 is 2.67 bits per heavy atom. The first-order valence-electron chi connectivity index (χ1n) is 6.83. The van der Waals surface area contributed by atoms with E-state index < -0.39 is 24.3 Å². The number of carbonyl (C=O) groups excluding carboxylic acids is 2. The molecule has 5 nitrogen and oxygen atoms in total. The van der Waals surface area contributed by atoms with Crippen molar-refractivity contribution >= 4 is 33.5 Å². The molecule has 7 heteroatoms. The molecule has 1 N–H and O–H groups in total. The predicted octanol–water partition coefficient (Wildman–Crippen LogP) is 3.56. The largest absolute Gasteiger partial charge is 0.452 e. The highest BCUT2D eigenvalue weighted by atomic mass is 79.9. The van der Waals surface area contributed by atoms with Crippen molar-refractivity contribution in [3.8, 4) is 6.07 Å². The molecule has 2 aromatic rings. The summed E-state index contributed by atoms with van der Waals surface area (Å²) in [5.74, 6) is -2.39. The summed E-state index contributed by atoms with van der Waals surface area (Å²) < 4.78 is 19.4. The van der Waals surface area contributed by atoms with Gasteiger partial charge < -0.3 is 10.1 Å². The van der Waals surface area contributed by atoms with Crippen molar-refractivity contribution in [1.29, 1.82) is 5.26 Å². The third-order valence-electron chi connectivity index (χ3n) is 3.09.